The van der Waals surface area contributed by atoms with E-state index in [-0.39, 0.29) is 5.69 Å². The zero-order valence-corrected chi connectivity index (χ0v) is 15.6. The van der Waals surface area contributed by atoms with E-state index in [0.717, 1.165) is 18.2 Å². The molecule has 0 aliphatic rings. The van der Waals surface area contributed by atoms with Crippen LogP contribution in [-0.4, -0.2) is 15.3 Å². The van der Waals surface area contributed by atoms with Crippen LogP contribution >= 0.6 is 0 Å². The highest BCUT2D eigenvalue weighted by Crippen LogP contribution is 2.18. The molecule has 146 valence electrons. The van der Waals surface area contributed by atoms with Gasteiger partial charge in [-0.15, -0.1) is 0 Å². The topological polar surface area (TPSA) is 79.8 Å². The lowest BCUT2D eigenvalue weighted by Crippen LogP contribution is -2.23. The molecule has 0 aliphatic heterocycles. The van der Waals surface area contributed by atoms with Crippen molar-refractivity contribution in [3.05, 3.63) is 87.3 Å². The largest absolute Gasteiger partial charge is 0.315 e. The van der Waals surface area contributed by atoms with Crippen LogP contribution in [-0.2, 0) is 11.8 Å². The van der Waals surface area contributed by atoms with E-state index in [0.29, 0.717) is 11.4 Å². The molecule has 1 amide bonds. The van der Waals surface area contributed by atoms with E-state index in [2.05, 4.69) is 5.32 Å². The van der Waals surface area contributed by atoms with Gasteiger partial charge in [-0.2, -0.15) is 5.26 Å². The summed E-state index contributed by atoms with van der Waals surface area (Å²) in [6.07, 6.45) is 0.813. The first-order chi connectivity index (χ1) is 13.8. The Kier molecular flexibility index (Phi) is 5.41. The van der Waals surface area contributed by atoms with Crippen molar-refractivity contribution in [2.24, 2.45) is 7.05 Å². The number of para-hydroxylation sites is 1. The van der Waals surface area contributed by atoms with E-state index < -0.39 is 34.2 Å². The predicted molar refractivity (Wildman–Crippen MR) is 104 cm³/mol. The molecule has 3 rings (SSSR count). The molecule has 29 heavy (non-hydrogen) atoms. The monoisotopic (exact) mass is 394 g/mol. The van der Waals surface area contributed by atoms with Gasteiger partial charge >= 0.3 is 0 Å². The van der Waals surface area contributed by atoms with Gasteiger partial charge in [0.25, 0.3) is 11.5 Å². The molecule has 0 unspecified atom stereocenters. The van der Waals surface area contributed by atoms with Crippen molar-refractivity contribution < 1.29 is 13.6 Å². The van der Waals surface area contributed by atoms with Crippen molar-refractivity contribution >= 4 is 17.7 Å². The lowest BCUT2D eigenvalue weighted by atomic mass is 10.1. The maximum absolute atomic E-state index is 13.8. The van der Waals surface area contributed by atoms with Gasteiger partial charge in [0.05, 0.1) is 11.4 Å². The van der Waals surface area contributed by atoms with Crippen LogP contribution in [0.15, 0.2) is 58.9 Å². The van der Waals surface area contributed by atoms with Crippen LogP contribution in [0.5, 0.6) is 0 Å². The Morgan fingerprint density at radius 1 is 1.10 bits per heavy atom. The van der Waals surface area contributed by atoms with Crippen molar-refractivity contribution in [3.8, 4) is 11.8 Å². The van der Waals surface area contributed by atoms with Crippen LogP contribution in [0.4, 0.5) is 14.5 Å². The van der Waals surface area contributed by atoms with Crippen molar-refractivity contribution in [3.63, 3.8) is 0 Å². The molecule has 0 saturated heterocycles. The molecule has 6 nitrogen and oxygen atoms in total. The molecular weight excluding hydrogens is 378 g/mol. The van der Waals surface area contributed by atoms with E-state index in [1.54, 1.807) is 55.1 Å². The van der Waals surface area contributed by atoms with Gasteiger partial charge in [0.15, 0.2) is 0 Å². The third-order valence-electron chi connectivity index (χ3n) is 4.45. The van der Waals surface area contributed by atoms with Gasteiger partial charge in [0, 0.05) is 12.6 Å². The lowest BCUT2D eigenvalue weighted by Gasteiger charge is -2.07. The van der Waals surface area contributed by atoms with Gasteiger partial charge in [-0.1, -0.05) is 24.3 Å². The van der Waals surface area contributed by atoms with Crippen LogP contribution in [0, 0.1) is 29.9 Å². The summed E-state index contributed by atoms with van der Waals surface area (Å²) in [6, 6.07) is 13.6. The molecule has 0 radical (unpaired) electrons. The Hall–Kier alpha value is -3.99. The highest BCUT2D eigenvalue weighted by atomic mass is 19.1. The normalized spacial score (nSPS) is 11.2. The zero-order valence-electron chi connectivity index (χ0n) is 15.6. The summed E-state index contributed by atoms with van der Waals surface area (Å²) in [5, 5.41) is 11.7. The third kappa shape index (κ3) is 3.71. The minimum Gasteiger partial charge on any atom is -0.315 e. The summed E-state index contributed by atoms with van der Waals surface area (Å²) in [5.74, 6) is -2.76. The van der Waals surface area contributed by atoms with Gasteiger partial charge in [0.2, 0.25) is 0 Å². The fraction of sp³-hybridized carbons (Fsp3) is 0.0952. The van der Waals surface area contributed by atoms with E-state index in [4.69, 9.17) is 0 Å². The maximum atomic E-state index is 13.8. The van der Waals surface area contributed by atoms with Crippen LogP contribution in [0.3, 0.4) is 0 Å². The fourth-order valence-electron chi connectivity index (χ4n) is 2.83. The Bertz CT molecular complexity index is 1200. The summed E-state index contributed by atoms with van der Waals surface area (Å²) in [6.45, 7) is 1.63. The smallest absolute Gasteiger partial charge is 0.295 e. The number of hydrogen-bond donors (Lipinski definition) is 1. The van der Waals surface area contributed by atoms with Crippen LogP contribution in [0.1, 0.15) is 11.3 Å². The molecule has 1 heterocycles. The fourth-order valence-corrected chi connectivity index (χ4v) is 2.83. The molecule has 0 spiro atoms. The highest BCUT2D eigenvalue weighted by molar-refractivity contribution is 6.09. The number of benzene rings is 2. The average molecular weight is 394 g/mol. The highest BCUT2D eigenvalue weighted by Gasteiger charge is 2.20. The van der Waals surface area contributed by atoms with Gasteiger partial charge in [0.1, 0.15) is 29.0 Å². The second kappa shape index (κ2) is 7.94. The molecule has 1 aromatic heterocycles. The predicted octanol–water partition coefficient (Wildman–Crippen LogP) is 3.31. The van der Waals surface area contributed by atoms with E-state index in [9.17, 15) is 23.6 Å². The van der Waals surface area contributed by atoms with E-state index in [1.807, 2.05) is 0 Å². The molecular formula is C21H16F2N4O2. The quantitative estimate of drug-likeness (QED) is 0.545. The Labute approximate surface area is 164 Å². The first-order valence-electron chi connectivity index (χ1n) is 8.56. The number of carbonyl (C=O) groups is 1. The zero-order chi connectivity index (χ0) is 21.1. The summed E-state index contributed by atoms with van der Waals surface area (Å²) >= 11 is 0. The molecule has 0 fully saturated rings. The number of nitrogens with one attached hydrogen (secondary N) is 1. The molecule has 8 heteroatoms. The molecule has 0 saturated carbocycles. The number of nitriles is 1. The molecule has 2 aromatic carbocycles. The SMILES string of the molecule is Cc1c(NC(=O)/C(C#N)=C/c2c(F)cccc2F)c(=O)n(-c2ccccc2)n1C. The average Bonchev–Trinajstić information content (AvgIpc) is 2.91. The van der Waals surface area contributed by atoms with Crippen LogP contribution in [0.25, 0.3) is 11.8 Å². The van der Waals surface area contributed by atoms with Gasteiger partial charge in [-0.3, -0.25) is 14.3 Å². The Balaban J connectivity index is 2.00. The minimum atomic E-state index is -0.943. The standard InChI is InChI=1S/C21H16F2N4O2/c1-13-19(21(29)27(26(13)2)15-7-4-3-5-8-15)25-20(28)14(12-24)11-16-17(22)9-6-10-18(16)23/h3-11H,1-2H3,(H,25,28)/b14-11+. The van der Waals surface area contributed by atoms with Crippen molar-refractivity contribution in [2.75, 3.05) is 5.32 Å². The number of aromatic nitrogens is 2. The Morgan fingerprint density at radius 3 is 2.31 bits per heavy atom. The first-order valence-corrected chi connectivity index (χ1v) is 8.56. The van der Waals surface area contributed by atoms with Crippen LogP contribution in [0.2, 0.25) is 0 Å². The summed E-state index contributed by atoms with van der Waals surface area (Å²) in [4.78, 5) is 25.4. The third-order valence-corrected chi connectivity index (χ3v) is 4.45. The van der Waals surface area contributed by atoms with Gasteiger partial charge < -0.3 is 5.32 Å². The number of anilines is 1. The number of nitrogens with zero attached hydrogens (tertiary/aromatic N) is 3. The van der Waals surface area contributed by atoms with E-state index >= 15 is 0 Å². The summed E-state index contributed by atoms with van der Waals surface area (Å²) < 4.78 is 30.6. The van der Waals surface area contributed by atoms with Crippen molar-refractivity contribution in [1.29, 1.82) is 5.26 Å². The van der Waals surface area contributed by atoms with Crippen molar-refractivity contribution in [1.82, 2.24) is 9.36 Å². The molecule has 3 aromatic rings. The molecule has 1 N–H and O–H groups in total. The number of carbonyl (C=O) groups excluding carboxylic acids is 1. The number of halogens is 2. The first kappa shape index (κ1) is 19.8. The number of rotatable bonds is 4. The number of hydrogen-bond acceptors (Lipinski definition) is 3. The maximum Gasteiger partial charge on any atom is 0.295 e. The van der Waals surface area contributed by atoms with Crippen LogP contribution < -0.4 is 10.9 Å². The van der Waals surface area contributed by atoms with Gasteiger partial charge in [-0.25, -0.2) is 13.5 Å². The van der Waals surface area contributed by atoms with Crippen molar-refractivity contribution in [2.45, 2.75) is 6.92 Å². The summed E-state index contributed by atoms with van der Waals surface area (Å²) in [5.41, 5.74) is -0.543. The van der Waals surface area contributed by atoms with E-state index in [1.165, 1.54) is 10.7 Å². The molecule has 0 aliphatic carbocycles. The second-order valence-electron chi connectivity index (χ2n) is 6.20. The second-order valence-corrected chi connectivity index (χ2v) is 6.20. The minimum absolute atomic E-state index is 0.0310. The number of amides is 1. The molecule has 0 bridgehead atoms. The molecule has 0 atom stereocenters. The van der Waals surface area contributed by atoms with Gasteiger partial charge in [-0.05, 0) is 37.3 Å². The summed E-state index contributed by atoms with van der Waals surface area (Å²) in [7, 11) is 1.65. The lowest BCUT2D eigenvalue weighted by molar-refractivity contribution is -0.112. The Morgan fingerprint density at radius 2 is 1.72 bits per heavy atom.